The van der Waals surface area contributed by atoms with Gasteiger partial charge in [0.1, 0.15) is 30.8 Å². The summed E-state index contributed by atoms with van der Waals surface area (Å²) >= 11 is 0. The number of nitrogens with zero attached hydrogens (tertiary/aromatic N) is 2. The molecule has 6 heteroatoms. The molecule has 1 amide bonds. The van der Waals surface area contributed by atoms with E-state index in [9.17, 15) is 9.90 Å². The first-order valence-electron chi connectivity index (χ1n) is 11.0. The van der Waals surface area contributed by atoms with Crippen LogP contribution in [0.3, 0.4) is 0 Å². The minimum atomic E-state index is -0.568. The van der Waals surface area contributed by atoms with Gasteiger partial charge in [0, 0.05) is 26.1 Å². The molecule has 1 saturated heterocycles. The second kappa shape index (κ2) is 11.2. The molecule has 2 aromatic rings. The molecule has 1 unspecified atom stereocenters. The van der Waals surface area contributed by atoms with Crippen LogP contribution >= 0.6 is 0 Å². The van der Waals surface area contributed by atoms with Crippen LogP contribution in [-0.4, -0.2) is 66.8 Å². The molecule has 0 aromatic heterocycles. The highest BCUT2D eigenvalue weighted by Gasteiger charge is 2.19. The average Bonchev–Trinajstić information content (AvgIpc) is 3.13. The van der Waals surface area contributed by atoms with Crippen molar-refractivity contribution in [3.63, 3.8) is 0 Å². The van der Waals surface area contributed by atoms with E-state index in [1.54, 1.807) is 0 Å². The highest BCUT2D eigenvalue weighted by molar-refractivity contribution is 5.78. The molecule has 0 bridgehead atoms. The quantitative estimate of drug-likeness (QED) is 0.598. The molecule has 1 heterocycles. The number of hydrogen-bond donors (Lipinski definition) is 1. The lowest BCUT2D eigenvalue weighted by molar-refractivity contribution is -0.128. The molecular formula is C25H34N2O4. The number of aliphatic hydroxyl groups is 1. The van der Waals surface area contributed by atoms with Crippen molar-refractivity contribution in [3.8, 4) is 11.5 Å². The molecule has 3 rings (SSSR count). The van der Waals surface area contributed by atoms with E-state index in [1.807, 2.05) is 55.3 Å². The molecule has 0 saturated carbocycles. The molecule has 1 aliphatic heterocycles. The Bertz CT molecular complexity index is 853. The highest BCUT2D eigenvalue weighted by atomic mass is 16.5. The van der Waals surface area contributed by atoms with Gasteiger partial charge in [0.05, 0.1) is 6.54 Å². The van der Waals surface area contributed by atoms with Gasteiger partial charge in [-0.15, -0.1) is 0 Å². The first kappa shape index (κ1) is 23.1. The van der Waals surface area contributed by atoms with Gasteiger partial charge in [0.25, 0.3) is 0 Å². The third-order valence-corrected chi connectivity index (χ3v) is 5.46. The fourth-order valence-corrected chi connectivity index (χ4v) is 3.84. The summed E-state index contributed by atoms with van der Waals surface area (Å²) < 4.78 is 11.6. The molecule has 0 radical (unpaired) electrons. The van der Waals surface area contributed by atoms with E-state index in [-0.39, 0.29) is 12.5 Å². The summed E-state index contributed by atoms with van der Waals surface area (Å²) in [6.45, 7) is 7.57. The minimum Gasteiger partial charge on any atom is -0.492 e. The summed E-state index contributed by atoms with van der Waals surface area (Å²) in [7, 11) is 1.98. The Balaban J connectivity index is 1.37. The molecule has 2 aromatic carbocycles. The summed E-state index contributed by atoms with van der Waals surface area (Å²) in [6, 6.07) is 14.0. The van der Waals surface area contributed by atoms with Crippen molar-refractivity contribution in [2.75, 3.05) is 39.9 Å². The summed E-state index contributed by atoms with van der Waals surface area (Å²) in [5, 5.41) is 10.3. The third-order valence-electron chi connectivity index (χ3n) is 5.46. The van der Waals surface area contributed by atoms with Gasteiger partial charge in [-0.2, -0.15) is 0 Å². The van der Waals surface area contributed by atoms with Gasteiger partial charge >= 0.3 is 0 Å². The summed E-state index contributed by atoms with van der Waals surface area (Å²) in [6.07, 6.45) is 1.05. The largest absolute Gasteiger partial charge is 0.492 e. The lowest BCUT2D eigenvalue weighted by Gasteiger charge is -2.21. The zero-order chi connectivity index (χ0) is 22.2. The number of aryl methyl sites for hydroxylation is 2. The number of aliphatic hydroxyl groups excluding tert-OH is 1. The molecule has 0 spiro atoms. The van der Waals surface area contributed by atoms with Crippen LogP contribution in [0.15, 0.2) is 42.5 Å². The number of amides is 1. The van der Waals surface area contributed by atoms with E-state index in [2.05, 4.69) is 17.9 Å². The standard InChI is InChI=1S/C25H34N2O4/c1-19-6-11-24(20(2)15-19)31-18-22(28)17-26(3)16-21-7-9-23(10-8-21)30-14-13-27-12-4-5-25(27)29/h6-11,15,22,28H,4-5,12-14,16-18H2,1-3H3. The molecule has 1 N–H and O–H groups in total. The van der Waals surface area contributed by atoms with E-state index in [0.29, 0.717) is 26.1 Å². The van der Waals surface area contributed by atoms with Crippen LogP contribution in [0.5, 0.6) is 11.5 Å². The van der Waals surface area contributed by atoms with Gasteiger partial charge in [-0.1, -0.05) is 29.8 Å². The highest BCUT2D eigenvalue weighted by Crippen LogP contribution is 2.19. The molecular weight excluding hydrogens is 392 g/mol. The Labute approximate surface area is 185 Å². The van der Waals surface area contributed by atoms with Crippen LogP contribution in [0.2, 0.25) is 0 Å². The van der Waals surface area contributed by atoms with E-state index in [0.717, 1.165) is 42.1 Å². The maximum absolute atomic E-state index is 11.6. The van der Waals surface area contributed by atoms with Gasteiger partial charge in [-0.25, -0.2) is 0 Å². The Morgan fingerprint density at radius 3 is 2.58 bits per heavy atom. The van der Waals surface area contributed by atoms with E-state index in [4.69, 9.17) is 9.47 Å². The Morgan fingerprint density at radius 1 is 1.13 bits per heavy atom. The van der Waals surface area contributed by atoms with Gasteiger partial charge in [0.2, 0.25) is 5.91 Å². The van der Waals surface area contributed by atoms with Gasteiger partial charge < -0.3 is 19.5 Å². The number of ether oxygens (including phenoxy) is 2. The Morgan fingerprint density at radius 2 is 1.90 bits per heavy atom. The fraction of sp³-hybridized carbons (Fsp3) is 0.480. The topological polar surface area (TPSA) is 62.2 Å². The molecule has 6 nitrogen and oxygen atoms in total. The molecule has 1 fully saturated rings. The number of benzene rings is 2. The molecule has 1 aliphatic rings. The normalized spacial score (nSPS) is 14.9. The van der Waals surface area contributed by atoms with Gasteiger partial charge in [0.15, 0.2) is 0 Å². The number of carbonyl (C=O) groups is 1. The van der Waals surface area contributed by atoms with Crippen LogP contribution in [-0.2, 0) is 11.3 Å². The predicted molar refractivity (Wildman–Crippen MR) is 122 cm³/mol. The predicted octanol–water partition coefficient (Wildman–Crippen LogP) is 3.18. The number of rotatable bonds is 11. The van der Waals surface area contributed by atoms with Crippen LogP contribution in [0.25, 0.3) is 0 Å². The van der Waals surface area contributed by atoms with E-state index < -0.39 is 6.10 Å². The van der Waals surface area contributed by atoms with Crippen molar-refractivity contribution in [1.82, 2.24) is 9.80 Å². The Kier molecular flexibility index (Phi) is 8.32. The van der Waals surface area contributed by atoms with Crippen LogP contribution in [0, 0.1) is 13.8 Å². The van der Waals surface area contributed by atoms with Gasteiger partial charge in [-0.3, -0.25) is 9.69 Å². The number of hydrogen-bond acceptors (Lipinski definition) is 5. The van der Waals surface area contributed by atoms with Crippen LogP contribution in [0.1, 0.15) is 29.5 Å². The van der Waals surface area contributed by atoms with E-state index >= 15 is 0 Å². The molecule has 168 valence electrons. The first-order chi connectivity index (χ1) is 14.9. The number of carbonyl (C=O) groups excluding carboxylic acids is 1. The monoisotopic (exact) mass is 426 g/mol. The fourth-order valence-electron chi connectivity index (χ4n) is 3.84. The van der Waals surface area contributed by atoms with Crippen LogP contribution < -0.4 is 9.47 Å². The lowest BCUT2D eigenvalue weighted by atomic mass is 10.1. The maximum Gasteiger partial charge on any atom is 0.222 e. The third kappa shape index (κ3) is 7.26. The van der Waals surface area contributed by atoms with Crippen LogP contribution in [0.4, 0.5) is 0 Å². The van der Waals surface area contributed by atoms with Crippen molar-refractivity contribution in [3.05, 3.63) is 59.2 Å². The van der Waals surface area contributed by atoms with Crippen molar-refractivity contribution < 1.29 is 19.4 Å². The van der Waals surface area contributed by atoms with Crippen molar-refractivity contribution in [1.29, 1.82) is 0 Å². The van der Waals surface area contributed by atoms with Crippen molar-refractivity contribution in [2.24, 2.45) is 0 Å². The molecule has 0 aliphatic carbocycles. The SMILES string of the molecule is Cc1ccc(OCC(O)CN(C)Cc2ccc(OCCN3CCCC3=O)cc2)c(C)c1. The zero-order valence-corrected chi connectivity index (χ0v) is 18.8. The van der Waals surface area contributed by atoms with Crippen molar-refractivity contribution in [2.45, 2.75) is 39.3 Å². The van der Waals surface area contributed by atoms with Crippen molar-refractivity contribution >= 4 is 5.91 Å². The first-order valence-corrected chi connectivity index (χ1v) is 11.0. The number of likely N-dealkylation sites (tertiary alicyclic amines) is 1. The number of likely N-dealkylation sites (N-methyl/N-ethyl adjacent to an activating group) is 1. The average molecular weight is 427 g/mol. The zero-order valence-electron chi connectivity index (χ0n) is 18.8. The second-order valence-electron chi connectivity index (χ2n) is 8.41. The minimum absolute atomic E-state index is 0.226. The molecule has 31 heavy (non-hydrogen) atoms. The van der Waals surface area contributed by atoms with Gasteiger partial charge in [-0.05, 0) is 56.6 Å². The Hall–Kier alpha value is -2.57. The summed E-state index contributed by atoms with van der Waals surface area (Å²) in [4.78, 5) is 15.6. The lowest BCUT2D eigenvalue weighted by Crippen LogP contribution is -2.32. The second-order valence-corrected chi connectivity index (χ2v) is 8.41. The van der Waals surface area contributed by atoms with E-state index in [1.165, 1.54) is 5.56 Å². The maximum atomic E-state index is 11.6. The summed E-state index contributed by atoms with van der Waals surface area (Å²) in [5.41, 5.74) is 3.42. The smallest absolute Gasteiger partial charge is 0.222 e. The summed E-state index contributed by atoms with van der Waals surface area (Å²) in [5.74, 6) is 1.85. The molecule has 1 atom stereocenters.